The molecule has 1 heterocycles. The molecule has 0 saturated carbocycles. The molecule has 0 fully saturated rings. The summed E-state index contributed by atoms with van der Waals surface area (Å²) >= 11 is 6.54. The molecule has 0 atom stereocenters. The normalized spacial score (nSPS) is 10.8. The number of rotatable bonds is 13. The number of halogens is 1. The maximum atomic E-state index is 6.54. The second-order valence-corrected chi connectivity index (χ2v) is 8.62. The SMILES string of the molecule is CCOc1cc(/C=N\Nc2cc(N(C)C)nc(N(C)C)n2)cc(Cl)c1OCCOc1cccc(OC)c1. The van der Waals surface area contributed by atoms with Crippen LogP contribution in [0.25, 0.3) is 0 Å². The molecule has 10 nitrogen and oxygen atoms in total. The number of hydrogen-bond acceptors (Lipinski definition) is 10. The van der Waals surface area contributed by atoms with E-state index in [0.717, 1.165) is 17.1 Å². The average Bonchev–Trinajstić information content (AvgIpc) is 2.88. The molecule has 0 bridgehead atoms. The molecule has 3 aromatic rings. The first-order valence-corrected chi connectivity index (χ1v) is 12.1. The molecule has 198 valence electrons. The molecule has 1 aromatic heterocycles. The van der Waals surface area contributed by atoms with Gasteiger partial charge in [-0.1, -0.05) is 17.7 Å². The predicted molar refractivity (Wildman–Crippen MR) is 149 cm³/mol. The van der Waals surface area contributed by atoms with Gasteiger partial charge in [0.25, 0.3) is 0 Å². The maximum Gasteiger partial charge on any atom is 0.228 e. The highest BCUT2D eigenvalue weighted by atomic mass is 35.5. The van der Waals surface area contributed by atoms with E-state index in [4.69, 9.17) is 30.5 Å². The Morgan fingerprint density at radius 2 is 1.70 bits per heavy atom. The predicted octanol–water partition coefficient (Wildman–Crippen LogP) is 4.57. The topological polar surface area (TPSA) is 93.6 Å². The van der Waals surface area contributed by atoms with Crippen molar-refractivity contribution in [2.24, 2.45) is 5.10 Å². The molecule has 3 rings (SSSR count). The van der Waals surface area contributed by atoms with E-state index in [-0.39, 0.29) is 6.61 Å². The minimum absolute atomic E-state index is 0.280. The first kappa shape index (κ1) is 27.7. The Labute approximate surface area is 222 Å². The van der Waals surface area contributed by atoms with Gasteiger partial charge in [-0.2, -0.15) is 15.1 Å². The zero-order chi connectivity index (χ0) is 26.8. The first-order valence-electron chi connectivity index (χ1n) is 11.7. The van der Waals surface area contributed by atoms with E-state index >= 15 is 0 Å². The average molecular weight is 529 g/mol. The van der Waals surface area contributed by atoms with E-state index in [2.05, 4.69) is 20.5 Å². The first-order chi connectivity index (χ1) is 17.8. The van der Waals surface area contributed by atoms with E-state index < -0.39 is 0 Å². The Bertz CT molecular complexity index is 1180. The third kappa shape index (κ3) is 8.04. The number of hydrogen-bond donors (Lipinski definition) is 1. The second kappa shape index (κ2) is 13.4. The lowest BCUT2D eigenvalue weighted by molar-refractivity contribution is 0.208. The van der Waals surface area contributed by atoms with Gasteiger partial charge in [0.05, 0.1) is 25.0 Å². The van der Waals surface area contributed by atoms with Gasteiger partial charge in [-0.15, -0.1) is 0 Å². The number of nitrogens with one attached hydrogen (secondary N) is 1. The minimum Gasteiger partial charge on any atom is -0.497 e. The summed E-state index contributed by atoms with van der Waals surface area (Å²) in [7, 11) is 9.21. The molecule has 0 unspecified atom stereocenters. The number of nitrogens with zero attached hydrogens (tertiary/aromatic N) is 5. The van der Waals surface area contributed by atoms with Crippen molar-refractivity contribution in [3.63, 3.8) is 0 Å². The van der Waals surface area contributed by atoms with Gasteiger partial charge in [-0.05, 0) is 36.8 Å². The van der Waals surface area contributed by atoms with Gasteiger partial charge in [0.1, 0.15) is 30.5 Å². The molecule has 0 saturated heterocycles. The fraction of sp³-hybridized carbons (Fsp3) is 0.346. The number of ether oxygens (including phenoxy) is 4. The van der Waals surface area contributed by atoms with Crippen LogP contribution in [0.5, 0.6) is 23.0 Å². The highest BCUT2D eigenvalue weighted by Gasteiger charge is 2.13. The zero-order valence-corrected chi connectivity index (χ0v) is 22.7. The molecule has 0 spiro atoms. The number of anilines is 3. The summed E-state index contributed by atoms with van der Waals surface area (Å²) < 4.78 is 22.6. The van der Waals surface area contributed by atoms with Crippen molar-refractivity contribution in [1.82, 2.24) is 9.97 Å². The lowest BCUT2D eigenvalue weighted by Gasteiger charge is -2.17. The van der Waals surface area contributed by atoms with Crippen LogP contribution in [0.3, 0.4) is 0 Å². The van der Waals surface area contributed by atoms with Crippen molar-refractivity contribution >= 4 is 35.4 Å². The van der Waals surface area contributed by atoms with E-state index in [0.29, 0.717) is 47.3 Å². The Kier molecular flexibility index (Phi) is 10.0. The van der Waals surface area contributed by atoms with E-state index in [9.17, 15) is 0 Å². The van der Waals surface area contributed by atoms with Crippen LogP contribution in [0.2, 0.25) is 5.02 Å². The number of hydrazone groups is 1. The molecule has 2 aromatic carbocycles. The fourth-order valence-corrected chi connectivity index (χ4v) is 3.41. The van der Waals surface area contributed by atoms with Gasteiger partial charge in [-0.25, -0.2) is 0 Å². The van der Waals surface area contributed by atoms with Crippen molar-refractivity contribution in [2.45, 2.75) is 6.92 Å². The Balaban J connectivity index is 1.67. The monoisotopic (exact) mass is 528 g/mol. The van der Waals surface area contributed by atoms with Crippen LogP contribution < -0.4 is 34.2 Å². The Hall–Kier alpha value is -3.92. The highest BCUT2D eigenvalue weighted by Crippen LogP contribution is 2.36. The Morgan fingerprint density at radius 1 is 0.946 bits per heavy atom. The van der Waals surface area contributed by atoms with E-state index in [1.807, 2.05) is 81.3 Å². The molecular formula is C26H33ClN6O4. The lowest BCUT2D eigenvalue weighted by Crippen LogP contribution is -2.17. The number of benzene rings is 2. The van der Waals surface area contributed by atoms with Crippen LogP contribution in [-0.2, 0) is 0 Å². The summed E-state index contributed by atoms with van der Waals surface area (Å²) in [6.45, 7) is 2.95. The summed E-state index contributed by atoms with van der Waals surface area (Å²) in [6.07, 6.45) is 1.64. The van der Waals surface area contributed by atoms with Gasteiger partial charge in [0, 0.05) is 40.3 Å². The number of aromatic nitrogens is 2. The van der Waals surface area contributed by atoms with Crippen molar-refractivity contribution in [2.75, 3.05) is 70.3 Å². The summed E-state index contributed by atoms with van der Waals surface area (Å²) in [4.78, 5) is 12.7. The van der Waals surface area contributed by atoms with Gasteiger partial charge >= 0.3 is 0 Å². The van der Waals surface area contributed by atoms with Gasteiger partial charge in [-0.3, -0.25) is 5.43 Å². The summed E-state index contributed by atoms with van der Waals surface area (Å²) in [5.41, 5.74) is 3.69. The van der Waals surface area contributed by atoms with Crippen LogP contribution in [0, 0.1) is 0 Å². The van der Waals surface area contributed by atoms with Gasteiger partial charge < -0.3 is 28.7 Å². The van der Waals surface area contributed by atoms with E-state index in [1.54, 1.807) is 19.4 Å². The standard InChI is InChI=1S/C26H33ClN6O4/c1-7-35-22-14-18(17-28-31-23-16-24(32(2)3)30-26(29-23)33(4)5)13-21(27)25(22)37-12-11-36-20-10-8-9-19(15-20)34-6/h8-10,13-17H,7,11-12H2,1-6H3,(H,29,30,31)/b28-17-. The second-order valence-electron chi connectivity index (χ2n) is 8.21. The lowest BCUT2D eigenvalue weighted by atomic mass is 10.2. The molecule has 11 heteroatoms. The molecule has 0 radical (unpaired) electrons. The van der Waals surface area contributed by atoms with Crippen LogP contribution in [-0.4, -0.2) is 71.3 Å². The van der Waals surface area contributed by atoms with Crippen molar-refractivity contribution in [3.8, 4) is 23.0 Å². The molecular weight excluding hydrogens is 496 g/mol. The number of methoxy groups -OCH3 is 1. The minimum atomic E-state index is 0.280. The third-order valence-corrected chi connectivity index (χ3v) is 5.20. The third-order valence-electron chi connectivity index (χ3n) is 4.92. The quantitative estimate of drug-likeness (QED) is 0.194. The van der Waals surface area contributed by atoms with Gasteiger partial charge in [0.2, 0.25) is 5.95 Å². The highest BCUT2D eigenvalue weighted by molar-refractivity contribution is 6.32. The van der Waals surface area contributed by atoms with Crippen LogP contribution in [0.1, 0.15) is 12.5 Å². The zero-order valence-electron chi connectivity index (χ0n) is 22.0. The molecule has 0 aliphatic heterocycles. The van der Waals surface area contributed by atoms with Crippen LogP contribution in [0.4, 0.5) is 17.6 Å². The van der Waals surface area contributed by atoms with Crippen molar-refractivity contribution < 1.29 is 18.9 Å². The summed E-state index contributed by atoms with van der Waals surface area (Å²) in [5, 5.41) is 4.72. The smallest absolute Gasteiger partial charge is 0.228 e. The van der Waals surface area contributed by atoms with E-state index in [1.165, 1.54) is 0 Å². The van der Waals surface area contributed by atoms with Crippen LogP contribution >= 0.6 is 11.6 Å². The van der Waals surface area contributed by atoms with Crippen LogP contribution in [0.15, 0.2) is 47.6 Å². The Morgan fingerprint density at radius 3 is 2.41 bits per heavy atom. The summed E-state index contributed by atoms with van der Waals surface area (Å²) in [6, 6.07) is 12.8. The maximum absolute atomic E-state index is 6.54. The molecule has 0 aliphatic rings. The fourth-order valence-electron chi connectivity index (χ4n) is 3.14. The largest absolute Gasteiger partial charge is 0.497 e. The summed E-state index contributed by atoms with van der Waals surface area (Å²) in [5.74, 6) is 4.28. The van der Waals surface area contributed by atoms with Crippen molar-refractivity contribution in [3.05, 3.63) is 53.1 Å². The molecule has 0 aliphatic carbocycles. The van der Waals surface area contributed by atoms with Gasteiger partial charge in [0.15, 0.2) is 17.3 Å². The van der Waals surface area contributed by atoms with Crippen molar-refractivity contribution in [1.29, 1.82) is 0 Å². The molecule has 37 heavy (non-hydrogen) atoms. The molecule has 0 amide bonds. The molecule has 1 N–H and O–H groups in total.